The fraction of sp³-hybridized carbons (Fsp3) is 0.571. The fourth-order valence-corrected chi connectivity index (χ4v) is 4.10. The Morgan fingerprint density at radius 3 is 2.26 bits per heavy atom. The van der Waals surface area contributed by atoms with Gasteiger partial charge in [0.1, 0.15) is 0 Å². The molecule has 0 saturated heterocycles. The van der Waals surface area contributed by atoms with E-state index in [1.807, 2.05) is 12.1 Å². The molecular weight excluding hydrogens is 326 g/mol. The Labute approximate surface area is 124 Å². The van der Waals surface area contributed by atoms with Gasteiger partial charge in [-0.15, -0.1) is 0 Å². The minimum Gasteiger partial charge on any atom is -0.208 e. The molecule has 0 aromatic heterocycles. The SMILES string of the molecule is CC1CCC(NS(=O)(=O)c2ccc(CBr)cc2)CC1. The average molecular weight is 346 g/mol. The van der Waals surface area contributed by atoms with E-state index in [1.165, 1.54) is 0 Å². The fourth-order valence-electron chi connectivity index (χ4n) is 2.42. The lowest BCUT2D eigenvalue weighted by atomic mass is 9.88. The molecule has 106 valence electrons. The molecular formula is C14H20BrNO2S. The molecule has 1 fully saturated rings. The van der Waals surface area contributed by atoms with Crippen LogP contribution in [-0.2, 0) is 15.4 Å². The summed E-state index contributed by atoms with van der Waals surface area (Å²) >= 11 is 3.35. The normalized spacial score (nSPS) is 24.3. The first-order valence-corrected chi connectivity index (χ1v) is 9.29. The van der Waals surface area contributed by atoms with Gasteiger partial charge >= 0.3 is 0 Å². The maximum absolute atomic E-state index is 12.3. The molecule has 0 heterocycles. The van der Waals surface area contributed by atoms with Gasteiger partial charge in [0.25, 0.3) is 0 Å². The van der Waals surface area contributed by atoms with Gasteiger partial charge in [-0.25, -0.2) is 13.1 Å². The van der Waals surface area contributed by atoms with Crippen molar-refractivity contribution >= 4 is 26.0 Å². The minimum atomic E-state index is -3.37. The third-order valence-corrected chi connectivity index (χ3v) is 5.91. The average Bonchev–Trinajstić information content (AvgIpc) is 2.41. The first kappa shape index (κ1) is 15.0. The van der Waals surface area contributed by atoms with Crippen LogP contribution in [0.2, 0.25) is 0 Å². The van der Waals surface area contributed by atoms with E-state index in [0.717, 1.165) is 42.5 Å². The zero-order valence-electron chi connectivity index (χ0n) is 11.1. The smallest absolute Gasteiger partial charge is 0.208 e. The number of halogens is 1. The summed E-state index contributed by atoms with van der Waals surface area (Å²) in [6.45, 7) is 2.23. The summed E-state index contributed by atoms with van der Waals surface area (Å²) in [5.74, 6) is 0.721. The molecule has 1 N–H and O–H groups in total. The number of alkyl halides is 1. The van der Waals surface area contributed by atoms with Gasteiger partial charge in [0, 0.05) is 11.4 Å². The van der Waals surface area contributed by atoms with Gasteiger partial charge in [-0.05, 0) is 49.3 Å². The quantitative estimate of drug-likeness (QED) is 0.849. The van der Waals surface area contributed by atoms with Crippen molar-refractivity contribution in [2.24, 2.45) is 5.92 Å². The minimum absolute atomic E-state index is 0.0945. The highest BCUT2D eigenvalue weighted by Gasteiger charge is 2.23. The topological polar surface area (TPSA) is 46.2 Å². The summed E-state index contributed by atoms with van der Waals surface area (Å²) in [6.07, 6.45) is 4.10. The Morgan fingerprint density at radius 1 is 1.16 bits per heavy atom. The van der Waals surface area contributed by atoms with Crippen molar-refractivity contribution in [3.8, 4) is 0 Å². The monoisotopic (exact) mass is 345 g/mol. The molecule has 0 spiro atoms. The van der Waals surface area contributed by atoms with Crippen LogP contribution >= 0.6 is 15.9 Å². The second-order valence-electron chi connectivity index (χ2n) is 5.36. The van der Waals surface area contributed by atoms with Gasteiger partial charge in [0.05, 0.1) is 4.90 Å². The van der Waals surface area contributed by atoms with Gasteiger partial charge < -0.3 is 0 Å². The number of benzene rings is 1. The van der Waals surface area contributed by atoms with Crippen LogP contribution in [0.5, 0.6) is 0 Å². The lowest BCUT2D eigenvalue weighted by Crippen LogP contribution is -2.37. The van der Waals surface area contributed by atoms with Gasteiger partial charge in [0.15, 0.2) is 0 Å². The lowest BCUT2D eigenvalue weighted by Gasteiger charge is -2.26. The molecule has 0 radical (unpaired) electrons. The molecule has 1 aromatic rings. The highest BCUT2D eigenvalue weighted by Crippen LogP contribution is 2.24. The molecule has 0 aliphatic heterocycles. The van der Waals surface area contributed by atoms with Crippen LogP contribution in [0.3, 0.4) is 0 Å². The number of sulfonamides is 1. The summed E-state index contributed by atoms with van der Waals surface area (Å²) in [6, 6.07) is 7.12. The van der Waals surface area contributed by atoms with E-state index in [0.29, 0.717) is 4.90 Å². The van der Waals surface area contributed by atoms with E-state index in [1.54, 1.807) is 12.1 Å². The Bertz CT molecular complexity index is 505. The molecule has 1 saturated carbocycles. The van der Waals surface area contributed by atoms with E-state index in [-0.39, 0.29) is 6.04 Å². The maximum atomic E-state index is 12.3. The van der Waals surface area contributed by atoms with E-state index in [9.17, 15) is 8.42 Å². The van der Waals surface area contributed by atoms with Crippen molar-refractivity contribution in [1.29, 1.82) is 0 Å². The third kappa shape index (κ3) is 4.04. The molecule has 0 unspecified atom stereocenters. The van der Waals surface area contributed by atoms with Crippen molar-refractivity contribution < 1.29 is 8.42 Å². The third-order valence-electron chi connectivity index (χ3n) is 3.73. The van der Waals surface area contributed by atoms with Crippen molar-refractivity contribution in [3.63, 3.8) is 0 Å². The second-order valence-corrected chi connectivity index (χ2v) is 7.63. The molecule has 5 heteroatoms. The van der Waals surface area contributed by atoms with Crippen LogP contribution in [0.15, 0.2) is 29.2 Å². The number of nitrogens with one attached hydrogen (secondary N) is 1. The van der Waals surface area contributed by atoms with E-state index < -0.39 is 10.0 Å². The Hall–Kier alpha value is -0.390. The Morgan fingerprint density at radius 2 is 1.74 bits per heavy atom. The van der Waals surface area contributed by atoms with Crippen LogP contribution in [-0.4, -0.2) is 14.5 Å². The predicted molar refractivity (Wildman–Crippen MR) is 80.8 cm³/mol. The molecule has 1 aliphatic carbocycles. The summed E-state index contributed by atoms with van der Waals surface area (Å²) < 4.78 is 27.3. The van der Waals surface area contributed by atoms with Crippen molar-refractivity contribution in [3.05, 3.63) is 29.8 Å². The first-order valence-electron chi connectivity index (χ1n) is 6.68. The molecule has 1 aliphatic rings. The molecule has 1 aromatic carbocycles. The van der Waals surface area contributed by atoms with Crippen molar-refractivity contribution in [1.82, 2.24) is 4.72 Å². The molecule has 3 nitrogen and oxygen atoms in total. The molecule has 2 rings (SSSR count). The highest BCUT2D eigenvalue weighted by atomic mass is 79.9. The zero-order chi connectivity index (χ0) is 13.9. The first-order chi connectivity index (χ1) is 9.01. The highest BCUT2D eigenvalue weighted by molar-refractivity contribution is 9.08. The largest absolute Gasteiger partial charge is 0.240 e. The van der Waals surface area contributed by atoms with Gasteiger partial charge in [0.2, 0.25) is 10.0 Å². The molecule has 19 heavy (non-hydrogen) atoms. The molecule has 0 atom stereocenters. The molecule has 0 bridgehead atoms. The van der Waals surface area contributed by atoms with Crippen LogP contribution in [0.25, 0.3) is 0 Å². The maximum Gasteiger partial charge on any atom is 0.240 e. The summed E-state index contributed by atoms with van der Waals surface area (Å²) in [4.78, 5) is 0.357. The van der Waals surface area contributed by atoms with Crippen molar-refractivity contribution in [2.45, 2.75) is 48.9 Å². The van der Waals surface area contributed by atoms with Crippen LogP contribution in [0, 0.1) is 5.92 Å². The number of hydrogen-bond donors (Lipinski definition) is 1. The van der Waals surface area contributed by atoms with Crippen LogP contribution in [0.1, 0.15) is 38.2 Å². The molecule has 0 amide bonds. The number of hydrogen-bond acceptors (Lipinski definition) is 2. The summed E-state index contributed by atoms with van der Waals surface area (Å²) in [5.41, 5.74) is 1.07. The van der Waals surface area contributed by atoms with Crippen LogP contribution in [0.4, 0.5) is 0 Å². The van der Waals surface area contributed by atoms with Crippen molar-refractivity contribution in [2.75, 3.05) is 0 Å². The van der Waals surface area contributed by atoms with Gasteiger partial charge in [-0.3, -0.25) is 0 Å². The van der Waals surface area contributed by atoms with E-state index >= 15 is 0 Å². The Balaban J connectivity index is 2.05. The van der Waals surface area contributed by atoms with Gasteiger partial charge in [-0.1, -0.05) is 35.0 Å². The Kier molecular flexibility index (Phi) is 5.03. The number of rotatable bonds is 4. The van der Waals surface area contributed by atoms with Crippen LogP contribution < -0.4 is 4.72 Å². The summed E-state index contributed by atoms with van der Waals surface area (Å²) in [5, 5.41) is 0.737. The zero-order valence-corrected chi connectivity index (χ0v) is 13.5. The summed E-state index contributed by atoms with van der Waals surface area (Å²) in [7, 11) is -3.37. The predicted octanol–water partition coefficient (Wildman–Crippen LogP) is 3.44. The second kappa shape index (κ2) is 6.37. The van der Waals surface area contributed by atoms with E-state index in [4.69, 9.17) is 0 Å². The van der Waals surface area contributed by atoms with Gasteiger partial charge in [-0.2, -0.15) is 0 Å². The van der Waals surface area contributed by atoms with E-state index in [2.05, 4.69) is 27.6 Å². The standard InChI is InChI=1S/C14H20BrNO2S/c1-11-2-6-13(7-3-11)16-19(17,18)14-8-4-12(10-15)5-9-14/h4-5,8-9,11,13,16H,2-3,6-7,10H2,1H3. The lowest BCUT2D eigenvalue weighted by molar-refractivity contribution is 0.332.